The molecule has 1 amide bonds. The second-order valence-electron chi connectivity index (χ2n) is 4.81. The lowest BCUT2D eigenvalue weighted by Crippen LogP contribution is -2.14. The number of ether oxygens (including phenoxy) is 1. The maximum atomic E-state index is 12.3. The fourth-order valence-corrected chi connectivity index (χ4v) is 1.98. The largest absolute Gasteiger partial charge is 0.497 e. The van der Waals surface area contributed by atoms with Gasteiger partial charge in [0.1, 0.15) is 11.4 Å². The first-order valence-corrected chi connectivity index (χ1v) is 7.20. The van der Waals surface area contributed by atoms with E-state index in [9.17, 15) is 4.79 Å². The summed E-state index contributed by atoms with van der Waals surface area (Å²) in [7, 11) is 1.59. The highest BCUT2D eigenvalue weighted by molar-refractivity contribution is 6.03. The summed E-state index contributed by atoms with van der Waals surface area (Å²) >= 11 is 0. The Labute approximate surface area is 138 Å². The van der Waals surface area contributed by atoms with Crippen LogP contribution >= 0.6 is 0 Å². The topological polar surface area (TPSA) is 89.0 Å². The van der Waals surface area contributed by atoms with Crippen LogP contribution in [0, 0.1) is 0 Å². The van der Waals surface area contributed by atoms with Gasteiger partial charge in [0.15, 0.2) is 0 Å². The molecule has 2 heterocycles. The van der Waals surface area contributed by atoms with Gasteiger partial charge in [-0.15, -0.1) is 0 Å². The number of benzene rings is 1. The van der Waals surface area contributed by atoms with Crippen LogP contribution in [0.5, 0.6) is 5.75 Å². The molecule has 0 bridgehead atoms. The Kier molecular flexibility index (Phi) is 4.62. The van der Waals surface area contributed by atoms with Gasteiger partial charge in [-0.2, -0.15) is 0 Å². The van der Waals surface area contributed by atoms with E-state index in [0.29, 0.717) is 11.6 Å². The van der Waals surface area contributed by atoms with Gasteiger partial charge in [-0.25, -0.2) is 9.97 Å². The molecule has 24 heavy (non-hydrogen) atoms. The fourth-order valence-electron chi connectivity index (χ4n) is 1.98. The molecule has 0 saturated heterocycles. The molecule has 0 aliphatic carbocycles. The van der Waals surface area contributed by atoms with E-state index in [-0.39, 0.29) is 11.6 Å². The first-order valence-electron chi connectivity index (χ1n) is 7.20. The van der Waals surface area contributed by atoms with E-state index < -0.39 is 0 Å². The van der Waals surface area contributed by atoms with Crippen molar-refractivity contribution >= 4 is 23.2 Å². The molecule has 3 rings (SSSR count). The quantitative estimate of drug-likeness (QED) is 0.751. The predicted octanol–water partition coefficient (Wildman–Crippen LogP) is 2.88. The van der Waals surface area contributed by atoms with Gasteiger partial charge in [0.2, 0.25) is 5.95 Å². The maximum absolute atomic E-state index is 12.3. The summed E-state index contributed by atoms with van der Waals surface area (Å²) in [6, 6.07) is 12.2. The van der Waals surface area contributed by atoms with E-state index in [1.165, 1.54) is 6.20 Å². The van der Waals surface area contributed by atoms with Gasteiger partial charge in [-0.3, -0.25) is 9.78 Å². The molecule has 0 fully saturated rings. The Balaban J connectivity index is 1.71. The number of carbonyl (C=O) groups excluding carboxylic acids is 1. The number of anilines is 3. The van der Waals surface area contributed by atoms with E-state index >= 15 is 0 Å². The molecular formula is C17H15N5O2. The number of nitrogens with zero attached hydrogens (tertiary/aromatic N) is 3. The van der Waals surface area contributed by atoms with Crippen molar-refractivity contribution < 1.29 is 9.53 Å². The van der Waals surface area contributed by atoms with E-state index in [2.05, 4.69) is 25.6 Å². The van der Waals surface area contributed by atoms with Crippen molar-refractivity contribution in [2.24, 2.45) is 0 Å². The monoisotopic (exact) mass is 321 g/mol. The van der Waals surface area contributed by atoms with Crippen LogP contribution in [0.2, 0.25) is 0 Å². The highest BCUT2D eigenvalue weighted by Crippen LogP contribution is 2.16. The van der Waals surface area contributed by atoms with Gasteiger partial charge in [0.25, 0.3) is 5.91 Å². The lowest BCUT2D eigenvalue weighted by Gasteiger charge is -2.08. The third-order valence-electron chi connectivity index (χ3n) is 3.17. The Bertz CT molecular complexity index is 822. The van der Waals surface area contributed by atoms with E-state index in [1.54, 1.807) is 62.0 Å². The zero-order chi connectivity index (χ0) is 16.8. The van der Waals surface area contributed by atoms with Crippen molar-refractivity contribution in [2.45, 2.75) is 0 Å². The number of rotatable bonds is 5. The minimum absolute atomic E-state index is 0.261. The van der Waals surface area contributed by atoms with Crippen molar-refractivity contribution in [3.05, 3.63) is 66.7 Å². The van der Waals surface area contributed by atoms with Crippen LogP contribution in [0.4, 0.5) is 17.3 Å². The van der Waals surface area contributed by atoms with Crippen LogP contribution in [-0.2, 0) is 0 Å². The van der Waals surface area contributed by atoms with Crippen molar-refractivity contribution in [3.8, 4) is 5.75 Å². The third-order valence-corrected chi connectivity index (χ3v) is 3.17. The Hall–Kier alpha value is -3.48. The summed E-state index contributed by atoms with van der Waals surface area (Å²) in [5.74, 6) is 0.739. The van der Waals surface area contributed by atoms with E-state index in [0.717, 1.165) is 11.4 Å². The highest BCUT2D eigenvalue weighted by atomic mass is 16.5. The smallest absolute Gasteiger partial charge is 0.274 e. The predicted molar refractivity (Wildman–Crippen MR) is 90.5 cm³/mol. The van der Waals surface area contributed by atoms with Crippen molar-refractivity contribution in [2.75, 3.05) is 17.7 Å². The molecule has 0 spiro atoms. The number of amides is 1. The standard InChI is InChI=1S/C17H15N5O2/c1-24-14-4-2-12(3-5-14)20-16(23)15-8-11-19-17(22-15)21-13-6-9-18-10-7-13/h2-11H,1H3,(H,20,23)(H,18,19,21,22). The molecule has 1 aromatic carbocycles. The van der Waals surface area contributed by atoms with Gasteiger partial charge >= 0.3 is 0 Å². The van der Waals surface area contributed by atoms with Crippen LogP contribution in [0.1, 0.15) is 10.5 Å². The van der Waals surface area contributed by atoms with Crippen LogP contribution < -0.4 is 15.4 Å². The Morgan fingerprint density at radius 3 is 2.42 bits per heavy atom. The number of methoxy groups -OCH3 is 1. The molecule has 0 unspecified atom stereocenters. The molecule has 2 N–H and O–H groups in total. The average molecular weight is 321 g/mol. The zero-order valence-corrected chi connectivity index (χ0v) is 12.9. The molecule has 7 nitrogen and oxygen atoms in total. The first kappa shape index (κ1) is 15.4. The van der Waals surface area contributed by atoms with Crippen LogP contribution in [0.25, 0.3) is 0 Å². The minimum atomic E-state index is -0.319. The number of aromatic nitrogens is 3. The van der Waals surface area contributed by atoms with Crippen molar-refractivity contribution in [1.82, 2.24) is 15.0 Å². The summed E-state index contributed by atoms with van der Waals surface area (Å²) in [5, 5.41) is 5.80. The maximum Gasteiger partial charge on any atom is 0.274 e. The molecule has 0 saturated carbocycles. The van der Waals surface area contributed by atoms with Crippen LogP contribution in [0.15, 0.2) is 61.1 Å². The van der Waals surface area contributed by atoms with E-state index in [1.807, 2.05) is 0 Å². The summed E-state index contributed by atoms with van der Waals surface area (Å²) in [6.45, 7) is 0. The molecule has 120 valence electrons. The number of hydrogen-bond acceptors (Lipinski definition) is 6. The summed E-state index contributed by atoms with van der Waals surface area (Å²) in [6.07, 6.45) is 4.84. The molecule has 2 aromatic heterocycles. The normalized spacial score (nSPS) is 10.0. The van der Waals surface area contributed by atoms with Crippen LogP contribution in [-0.4, -0.2) is 28.0 Å². The van der Waals surface area contributed by atoms with Gasteiger partial charge in [-0.1, -0.05) is 0 Å². The van der Waals surface area contributed by atoms with Crippen molar-refractivity contribution in [1.29, 1.82) is 0 Å². The van der Waals surface area contributed by atoms with Gasteiger partial charge in [-0.05, 0) is 42.5 Å². The third kappa shape index (κ3) is 3.83. The lowest BCUT2D eigenvalue weighted by atomic mass is 10.3. The SMILES string of the molecule is COc1ccc(NC(=O)c2ccnc(Nc3ccncc3)n2)cc1. The molecule has 0 radical (unpaired) electrons. The first-order chi connectivity index (χ1) is 11.7. The molecule has 0 aliphatic rings. The molecular weight excluding hydrogens is 306 g/mol. The minimum Gasteiger partial charge on any atom is -0.497 e. The average Bonchev–Trinajstić information content (AvgIpc) is 2.63. The summed E-state index contributed by atoms with van der Waals surface area (Å²) < 4.78 is 5.09. The molecule has 0 atom stereocenters. The second-order valence-corrected chi connectivity index (χ2v) is 4.81. The summed E-state index contributed by atoms with van der Waals surface area (Å²) in [5.41, 5.74) is 1.71. The molecule has 0 aliphatic heterocycles. The number of pyridine rings is 1. The van der Waals surface area contributed by atoms with Crippen molar-refractivity contribution in [3.63, 3.8) is 0 Å². The fraction of sp³-hybridized carbons (Fsp3) is 0.0588. The molecule has 7 heteroatoms. The van der Waals surface area contributed by atoms with Gasteiger partial charge < -0.3 is 15.4 Å². The highest BCUT2D eigenvalue weighted by Gasteiger charge is 2.09. The number of carbonyl (C=O) groups is 1. The lowest BCUT2D eigenvalue weighted by molar-refractivity contribution is 0.102. The Morgan fingerprint density at radius 1 is 0.958 bits per heavy atom. The molecule has 3 aromatic rings. The zero-order valence-electron chi connectivity index (χ0n) is 12.9. The van der Waals surface area contributed by atoms with Gasteiger partial charge in [0, 0.05) is 30.0 Å². The number of nitrogens with one attached hydrogen (secondary N) is 2. The summed E-state index contributed by atoms with van der Waals surface area (Å²) in [4.78, 5) is 24.6. The van der Waals surface area contributed by atoms with Gasteiger partial charge in [0.05, 0.1) is 7.11 Å². The number of hydrogen-bond donors (Lipinski definition) is 2. The van der Waals surface area contributed by atoms with Crippen LogP contribution in [0.3, 0.4) is 0 Å². The Morgan fingerprint density at radius 2 is 1.71 bits per heavy atom. The van der Waals surface area contributed by atoms with E-state index in [4.69, 9.17) is 4.74 Å². The second kappa shape index (κ2) is 7.19.